The molecule has 3 aromatic carbocycles. The summed E-state index contributed by atoms with van der Waals surface area (Å²) in [6, 6.07) is 18.5. The summed E-state index contributed by atoms with van der Waals surface area (Å²) in [6.07, 6.45) is -2.25. The molecule has 3 atom stereocenters. The lowest BCUT2D eigenvalue weighted by Gasteiger charge is -2.26. The zero-order valence-electron chi connectivity index (χ0n) is 20.6. The Labute approximate surface area is 218 Å². The number of fused-ring (bicyclic) bond motifs is 1. The second kappa shape index (κ2) is 10.5. The number of nitrogens with zero attached hydrogens (tertiary/aromatic N) is 2. The van der Waals surface area contributed by atoms with Crippen molar-refractivity contribution < 1.29 is 34.1 Å². The van der Waals surface area contributed by atoms with Crippen LogP contribution in [0.2, 0.25) is 0 Å². The molecule has 1 aliphatic heterocycles. The summed E-state index contributed by atoms with van der Waals surface area (Å²) in [6.45, 7) is 1.89. The summed E-state index contributed by atoms with van der Waals surface area (Å²) in [5.74, 6) is -0.945. The Bertz CT molecular complexity index is 1470. The molecular weight excluding hydrogens is 490 g/mol. The van der Waals surface area contributed by atoms with E-state index in [0.717, 1.165) is 11.3 Å². The van der Waals surface area contributed by atoms with E-state index in [1.807, 2.05) is 31.2 Å². The summed E-state index contributed by atoms with van der Waals surface area (Å²) < 4.78 is 11.6. The van der Waals surface area contributed by atoms with Crippen molar-refractivity contribution in [2.24, 2.45) is 0 Å². The van der Waals surface area contributed by atoms with Gasteiger partial charge in [-0.1, -0.05) is 24.3 Å². The number of β-amino-alcohol motifs (C(OH)–C–C–N with tert-alkyl or cyclic N) is 1. The topological polar surface area (TPSA) is 145 Å². The molecule has 4 N–H and O–H groups in total. The van der Waals surface area contributed by atoms with E-state index in [2.05, 4.69) is 10.3 Å². The zero-order chi connectivity index (χ0) is 26.8. The number of carboxylic acids is 1. The lowest BCUT2D eigenvalue weighted by molar-refractivity contribution is -0.132. The predicted molar refractivity (Wildman–Crippen MR) is 139 cm³/mol. The average molecular weight is 518 g/mol. The van der Waals surface area contributed by atoms with Gasteiger partial charge in [0.05, 0.1) is 24.1 Å². The van der Waals surface area contributed by atoms with Gasteiger partial charge in [-0.05, 0) is 60.5 Å². The van der Waals surface area contributed by atoms with Gasteiger partial charge in [-0.25, -0.2) is 4.79 Å². The van der Waals surface area contributed by atoms with E-state index in [-0.39, 0.29) is 31.0 Å². The molecule has 0 radical (unpaired) electrons. The summed E-state index contributed by atoms with van der Waals surface area (Å²) in [5, 5.41) is 32.9. The van der Waals surface area contributed by atoms with Crippen molar-refractivity contribution in [3.05, 3.63) is 83.4 Å². The number of aromatic carboxylic acids is 1. The molecule has 0 spiro atoms. The molecular formula is C28H27N3O7. The van der Waals surface area contributed by atoms with E-state index < -0.39 is 24.2 Å². The Hall–Kier alpha value is -4.41. The van der Waals surface area contributed by atoms with Gasteiger partial charge in [0, 0.05) is 12.2 Å². The number of carboxylic acid groups (broad SMARTS) is 1. The van der Waals surface area contributed by atoms with Crippen molar-refractivity contribution in [3.8, 4) is 5.75 Å². The monoisotopic (exact) mass is 517 g/mol. The third-order valence-electron chi connectivity index (χ3n) is 6.61. The maximum absolute atomic E-state index is 13.2. The van der Waals surface area contributed by atoms with Gasteiger partial charge in [-0.15, -0.1) is 0 Å². The number of benzene rings is 3. The second-order valence-corrected chi connectivity index (χ2v) is 9.25. The molecule has 10 nitrogen and oxygen atoms in total. The molecule has 1 saturated heterocycles. The Kier molecular flexibility index (Phi) is 6.99. The largest absolute Gasteiger partial charge is 0.491 e. The van der Waals surface area contributed by atoms with Crippen LogP contribution in [-0.2, 0) is 11.2 Å². The van der Waals surface area contributed by atoms with Crippen LogP contribution >= 0.6 is 0 Å². The number of ether oxygens (including phenoxy) is 1. The number of aliphatic hydroxyl groups excluding tert-OH is 2. The van der Waals surface area contributed by atoms with Crippen LogP contribution in [0.5, 0.6) is 5.75 Å². The fourth-order valence-corrected chi connectivity index (χ4v) is 4.47. The van der Waals surface area contributed by atoms with Crippen LogP contribution in [0.25, 0.3) is 11.1 Å². The molecule has 1 amide bonds. The minimum absolute atomic E-state index is 0.0268. The van der Waals surface area contributed by atoms with Gasteiger partial charge in [-0.2, -0.15) is 4.98 Å². The SMILES string of the molecule is Cc1ccccc1Nc1nc2ccc(CC(=O)N3C[C@H](O)[C@H](O)[C@H]3COc3ccc(C(=O)O)cc3)cc2o1. The molecule has 196 valence electrons. The van der Waals surface area contributed by atoms with Gasteiger partial charge in [0.25, 0.3) is 6.01 Å². The highest BCUT2D eigenvalue weighted by Gasteiger charge is 2.42. The summed E-state index contributed by atoms with van der Waals surface area (Å²) >= 11 is 0. The molecule has 10 heteroatoms. The van der Waals surface area contributed by atoms with E-state index in [4.69, 9.17) is 14.3 Å². The van der Waals surface area contributed by atoms with Crippen LogP contribution in [0.15, 0.2) is 71.1 Å². The van der Waals surface area contributed by atoms with Crippen molar-refractivity contribution in [1.82, 2.24) is 9.88 Å². The van der Waals surface area contributed by atoms with E-state index in [1.54, 1.807) is 18.2 Å². The van der Waals surface area contributed by atoms with Gasteiger partial charge >= 0.3 is 5.97 Å². The number of hydrogen-bond acceptors (Lipinski definition) is 8. The normalized spacial score (nSPS) is 19.0. The summed E-state index contributed by atoms with van der Waals surface area (Å²) in [7, 11) is 0. The van der Waals surface area contributed by atoms with Gasteiger partial charge in [0.15, 0.2) is 5.58 Å². The molecule has 1 aromatic heterocycles. The Morgan fingerprint density at radius 1 is 1.11 bits per heavy atom. The highest BCUT2D eigenvalue weighted by Crippen LogP contribution is 2.26. The van der Waals surface area contributed by atoms with Gasteiger partial charge in [-0.3, -0.25) is 4.79 Å². The minimum Gasteiger partial charge on any atom is -0.491 e. The molecule has 0 bridgehead atoms. The van der Waals surface area contributed by atoms with Crippen LogP contribution in [0.3, 0.4) is 0 Å². The first-order chi connectivity index (χ1) is 18.3. The molecule has 0 aliphatic carbocycles. The highest BCUT2D eigenvalue weighted by atomic mass is 16.5. The molecule has 38 heavy (non-hydrogen) atoms. The summed E-state index contributed by atoms with van der Waals surface area (Å²) in [5.41, 5.74) is 3.91. The van der Waals surface area contributed by atoms with E-state index in [0.29, 0.717) is 28.4 Å². The highest BCUT2D eigenvalue weighted by molar-refractivity contribution is 5.87. The summed E-state index contributed by atoms with van der Waals surface area (Å²) in [4.78, 5) is 30.1. The number of aryl methyl sites for hydroxylation is 1. The smallest absolute Gasteiger partial charge is 0.335 e. The minimum atomic E-state index is -1.18. The fourth-order valence-electron chi connectivity index (χ4n) is 4.47. The third kappa shape index (κ3) is 5.31. The zero-order valence-corrected chi connectivity index (χ0v) is 20.6. The lowest BCUT2D eigenvalue weighted by atomic mass is 10.1. The number of rotatable bonds is 8. The quantitative estimate of drug-likeness (QED) is 0.277. The van der Waals surface area contributed by atoms with Crippen LogP contribution in [-0.4, -0.2) is 68.5 Å². The van der Waals surface area contributed by atoms with Crippen molar-refractivity contribution in [2.75, 3.05) is 18.5 Å². The predicted octanol–water partition coefficient (Wildman–Crippen LogP) is 3.13. The fraction of sp³-hybridized carbons (Fsp3) is 0.250. The Morgan fingerprint density at radius 3 is 2.61 bits per heavy atom. The molecule has 0 saturated carbocycles. The number of nitrogens with one attached hydrogen (secondary N) is 1. The molecule has 0 unspecified atom stereocenters. The maximum atomic E-state index is 13.2. The Balaban J connectivity index is 1.26. The number of aromatic nitrogens is 1. The van der Waals surface area contributed by atoms with Gasteiger partial charge in [0.2, 0.25) is 5.91 Å². The molecule has 1 fully saturated rings. The van der Waals surface area contributed by atoms with E-state index in [1.165, 1.54) is 29.2 Å². The average Bonchev–Trinajstić information content (AvgIpc) is 3.43. The Morgan fingerprint density at radius 2 is 1.87 bits per heavy atom. The standard InChI is InChI=1S/C28H27N3O7/c1-16-4-2-3-5-20(16)29-28-30-21-11-6-17(12-24(21)38-28)13-25(33)31-14-23(32)26(34)22(31)15-37-19-9-7-18(8-10-19)27(35)36/h2-12,22-23,26,32,34H,13-15H2,1H3,(H,29,30)(H,35,36)/t22-,23+,26-/m1/s1. The second-order valence-electron chi connectivity index (χ2n) is 9.25. The number of oxazole rings is 1. The first-order valence-corrected chi connectivity index (χ1v) is 12.1. The van der Waals surface area contributed by atoms with Crippen LogP contribution in [0, 0.1) is 6.92 Å². The van der Waals surface area contributed by atoms with E-state index >= 15 is 0 Å². The number of carbonyl (C=O) groups excluding carboxylic acids is 1. The molecule has 4 aromatic rings. The van der Waals surface area contributed by atoms with Crippen molar-refractivity contribution in [3.63, 3.8) is 0 Å². The molecule has 2 heterocycles. The van der Waals surface area contributed by atoms with Gasteiger partial charge in [0.1, 0.15) is 24.0 Å². The van der Waals surface area contributed by atoms with Crippen LogP contribution in [0.4, 0.5) is 11.7 Å². The number of aliphatic hydroxyl groups is 2. The van der Waals surface area contributed by atoms with Crippen molar-refractivity contribution >= 4 is 34.7 Å². The molecule has 1 aliphatic rings. The number of hydrogen-bond donors (Lipinski definition) is 4. The first-order valence-electron chi connectivity index (χ1n) is 12.1. The number of anilines is 2. The molecule has 5 rings (SSSR count). The number of carbonyl (C=O) groups is 2. The number of likely N-dealkylation sites (tertiary alicyclic amines) is 1. The van der Waals surface area contributed by atoms with E-state index in [9.17, 15) is 19.8 Å². The van der Waals surface area contributed by atoms with Crippen LogP contribution in [0.1, 0.15) is 21.5 Å². The van der Waals surface area contributed by atoms with Crippen molar-refractivity contribution in [2.45, 2.75) is 31.6 Å². The van der Waals surface area contributed by atoms with Crippen LogP contribution < -0.4 is 10.1 Å². The third-order valence-corrected chi connectivity index (χ3v) is 6.61. The first kappa shape index (κ1) is 25.2. The van der Waals surface area contributed by atoms with Gasteiger partial charge < -0.3 is 34.7 Å². The maximum Gasteiger partial charge on any atom is 0.335 e. The number of para-hydroxylation sites is 1. The number of amides is 1. The lowest BCUT2D eigenvalue weighted by Crippen LogP contribution is -2.44. The van der Waals surface area contributed by atoms with Crippen molar-refractivity contribution in [1.29, 1.82) is 0 Å².